The number of benzene rings is 2. The lowest BCUT2D eigenvalue weighted by molar-refractivity contribution is -0.384. The molecule has 0 heterocycles. The van der Waals surface area contributed by atoms with Gasteiger partial charge in [0.25, 0.3) is 5.69 Å². The van der Waals surface area contributed by atoms with Gasteiger partial charge in [0.15, 0.2) is 0 Å². The van der Waals surface area contributed by atoms with Gasteiger partial charge in [-0.3, -0.25) is 15.1 Å². The Hall–Kier alpha value is -2.40. The maximum atomic E-state index is 10.5. The van der Waals surface area contributed by atoms with Crippen molar-refractivity contribution in [3.8, 4) is 5.75 Å². The minimum absolute atomic E-state index is 0.0163. The SMILES string of the molecule is O=[N+]([O-])c1ccc(C=Nc2cc(Cl)ccc2O)cc1. The predicted octanol–water partition coefficient (Wildman–Crippen LogP) is 3.70. The summed E-state index contributed by atoms with van der Waals surface area (Å²) in [5.74, 6) is 0.0163. The Morgan fingerprint density at radius 1 is 1.21 bits per heavy atom. The molecular formula is C13H9ClN2O3. The van der Waals surface area contributed by atoms with Crippen molar-refractivity contribution in [2.24, 2.45) is 4.99 Å². The lowest BCUT2D eigenvalue weighted by Gasteiger charge is -1.99. The average Bonchev–Trinajstić information content (AvgIpc) is 2.40. The number of aromatic hydroxyl groups is 1. The number of aliphatic imine (C=N–C) groups is 1. The second-order valence-electron chi connectivity index (χ2n) is 3.74. The molecule has 6 heteroatoms. The monoisotopic (exact) mass is 276 g/mol. The van der Waals surface area contributed by atoms with Crippen LogP contribution in [0.4, 0.5) is 11.4 Å². The summed E-state index contributed by atoms with van der Waals surface area (Å²) in [5.41, 5.74) is 1.04. The molecule has 0 saturated carbocycles. The van der Waals surface area contributed by atoms with E-state index in [0.717, 1.165) is 0 Å². The molecular weight excluding hydrogens is 268 g/mol. The Kier molecular flexibility index (Phi) is 3.77. The maximum absolute atomic E-state index is 10.5. The van der Waals surface area contributed by atoms with E-state index in [0.29, 0.717) is 16.3 Å². The Bertz CT molecular complexity index is 639. The Labute approximate surface area is 113 Å². The van der Waals surface area contributed by atoms with Crippen LogP contribution >= 0.6 is 11.6 Å². The van der Waals surface area contributed by atoms with Crippen LogP contribution in [0.3, 0.4) is 0 Å². The standard InChI is InChI=1S/C13H9ClN2O3/c14-10-3-6-13(17)12(7-10)15-8-9-1-4-11(5-2-9)16(18)19/h1-8,17H. The highest BCUT2D eigenvalue weighted by Crippen LogP contribution is 2.29. The summed E-state index contributed by atoms with van der Waals surface area (Å²) in [6, 6.07) is 10.5. The van der Waals surface area contributed by atoms with Gasteiger partial charge in [-0.1, -0.05) is 11.6 Å². The van der Waals surface area contributed by atoms with Gasteiger partial charge in [0.2, 0.25) is 0 Å². The number of hydrogen-bond acceptors (Lipinski definition) is 4. The fourth-order valence-corrected chi connectivity index (χ4v) is 1.59. The first kappa shape index (κ1) is 13.0. The smallest absolute Gasteiger partial charge is 0.269 e. The molecule has 0 fully saturated rings. The van der Waals surface area contributed by atoms with E-state index in [2.05, 4.69) is 4.99 Å². The lowest BCUT2D eigenvalue weighted by Crippen LogP contribution is -1.88. The molecule has 2 rings (SSSR count). The molecule has 0 aliphatic rings. The van der Waals surface area contributed by atoms with Gasteiger partial charge in [0.05, 0.1) is 4.92 Å². The van der Waals surface area contributed by atoms with Crippen LogP contribution in [0, 0.1) is 10.1 Å². The molecule has 0 saturated heterocycles. The number of non-ortho nitro benzene ring substituents is 1. The molecule has 2 aromatic carbocycles. The van der Waals surface area contributed by atoms with Crippen LogP contribution in [0.2, 0.25) is 5.02 Å². The first-order valence-electron chi connectivity index (χ1n) is 5.33. The highest BCUT2D eigenvalue weighted by molar-refractivity contribution is 6.30. The molecule has 0 aromatic heterocycles. The second-order valence-corrected chi connectivity index (χ2v) is 4.18. The molecule has 5 nitrogen and oxygen atoms in total. The number of nitro groups is 1. The number of hydrogen-bond donors (Lipinski definition) is 1. The predicted molar refractivity (Wildman–Crippen MR) is 73.5 cm³/mol. The third kappa shape index (κ3) is 3.29. The Morgan fingerprint density at radius 2 is 1.89 bits per heavy atom. The van der Waals surface area contributed by atoms with Gasteiger partial charge in [-0.15, -0.1) is 0 Å². The lowest BCUT2D eigenvalue weighted by atomic mass is 10.2. The summed E-state index contributed by atoms with van der Waals surface area (Å²) in [4.78, 5) is 14.1. The van der Waals surface area contributed by atoms with Crippen LogP contribution < -0.4 is 0 Å². The summed E-state index contributed by atoms with van der Waals surface area (Å²) >= 11 is 5.79. The Morgan fingerprint density at radius 3 is 2.53 bits per heavy atom. The first-order valence-corrected chi connectivity index (χ1v) is 5.71. The van der Waals surface area contributed by atoms with Crippen LogP contribution in [-0.2, 0) is 0 Å². The van der Waals surface area contributed by atoms with Gasteiger partial charge in [-0.05, 0) is 35.9 Å². The normalized spacial score (nSPS) is 10.8. The average molecular weight is 277 g/mol. The number of nitrogens with zero attached hydrogens (tertiary/aromatic N) is 2. The largest absolute Gasteiger partial charge is 0.506 e. The van der Waals surface area contributed by atoms with Crippen molar-refractivity contribution in [1.29, 1.82) is 0 Å². The van der Waals surface area contributed by atoms with Crippen molar-refractivity contribution in [2.45, 2.75) is 0 Å². The molecule has 2 aromatic rings. The molecule has 96 valence electrons. The van der Waals surface area contributed by atoms with Crippen molar-refractivity contribution >= 4 is 29.2 Å². The zero-order valence-corrected chi connectivity index (χ0v) is 10.4. The molecule has 0 amide bonds. The second kappa shape index (κ2) is 5.49. The van der Waals surface area contributed by atoms with Crippen LogP contribution in [0.15, 0.2) is 47.5 Å². The van der Waals surface area contributed by atoms with E-state index in [-0.39, 0.29) is 11.4 Å². The summed E-state index contributed by atoms with van der Waals surface area (Å²) < 4.78 is 0. The zero-order chi connectivity index (χ0) is 13.8. The third-order valence-corrected chi connectivity index (χ3v) is 2.63. The molecule has 1 N–H and O–H groups in total. The topological polar surface area (TPSA) is 75.7 Å². The molecule has 0 aliphatic carbocycles. The summed E-state index contributed by atoms with van der Waals surface area (Å²) in [7, 11) is 0. The van der Waals surface area contributed by atoms with E-state index >= 15 is 0 Å². The molecule has 0 bridgehead atoms. The van der Waals surface area contributed by atoms with Crippen molar-refractivity contribution in [3.05, 3.63) is 63.2 Å². The Balaban J connectivity index is 2.22. The van der Waals surface area contributed by atoms with Crippen molar-refractivity contribution in [2.75, 3.05) is 0 Å². The third-order valence-electron chi connectivity index (χ3n) is 2.39. The molecule has 0 atom stereocenters. The van der Waals surface area contributed by atoms with E-state index in [1.807, 2.05) is 0 Å². The van der Waals surface area contributed by atoms with Crippen molar-refractivity contribution in [3.63, 3.8) is 0 Å². The van der Waals surface area contributed by atoms with Gasteiger partial charge in [-0.25, -0.2) is 0 Å². The highest BCUT2D eigenvalue weighted by Gasteiger charge is 2.03. The van der Waals surface area contributed by atoms with E-state index in [9.17, 15) is 15.2 Å². The molecule has 0 radical (unpaired) electrons. The highest BCUT2D eigenvalue weighted by atomic mass is 35.5. The van der Waals surface area contributed by atoms with Crippen LogP contribution in [0.25, 0.3) is 0 Å². The number of rotatable bonds is 3. The maximum Gasteiger partial charge on any atom is 0.269 e. The van der Waals surface area contributed by atoms with Gasteiger partial charge < -0.3 is 5.11 Å². The minimum atomic E-state index is -0.469. The first-order chi connectivity index (χ1) is 9.06. The fourth-order valence-electron chi connectivity index (χ4n) is 1.43. The number of phenolic OH excluding ortho intramolecular Hbond substituents is 1. The van der Waals surface area contributed by atoms with Crippen LogP contribution in [-0.4, -0.2) is 16.2 Å². The van der Waals surface area contributed by atoms with Gasteiger partial charge in [0, 0.05) is 23.4 Å². The van der Waals surface area contributed by atoms with Gasteiger partial charge in [-0.2, -0.15) is 0 Å². The van der Waals surface area contributed by atoms with Crippen LogP contribution in [0.1, 0.15) is 5.56 Å². The van der Waals surface area contributed by atoms with Crippen LogP contribution in [0.5, 0.6) is 5.75 Å². The van der Waals surface area contributed by atoms with Gasteiger partial charge >= 0.3 is 0 Å². The number of nitro benzene ring substituents is 1. The van der Waals surface area contributed by atoms with E-state index in [1.54, 1.807) is 18.2 Å². The van der Waals surface area contributed by atoms with E-state index in [1.165, 1.54) is 30.5 Å². The van der Waals surface area contributed by atoms with Crippen molar-refractivity contribution < 1.29 is 10.0 Å². The van der Waals surface area contributed by atoms with Gasteiger partial charge in [0.1, 0.15) is 11.4 Å². The molecule has 0 aliphatic heterocycles. The minimum Gasteiger partial charge on any atom is -0.506 e. The molecule has 0 spiro atoms. The zero-order valence-electron chi connectivity index (χ0n) is 9.65. The summed E-state index contributed by atoms with van der Waals surface area (Å²) in [6.45, 7) is 0. The van der Waals surface area contributed by atoms with E-state index < -0.39 is 4.92 Å². The van der Waals surface area contributed by atoms with E-state index in [4.69, 9.17) is 11.6 Å². The molecule has 19 heavy (non-hydrogen) atoms. The number of halogens is 1. The molecule has 0 unspecified atom stereocenters. The summed E-state index contributed by atoms with van der Waals surface area (Å²) in [6.07, 6.45) is 1.50. The van der Waals surface area contributed by atoms with Crippen molar-refractivity contribution in [1.82, 2.24) is 0 Å². The fraction of sp³-hybridized carbons (Fsp3) is 0. The summed E-state index contributed by atoms with van der Waals surface area (Å²) in [5, 5.41) is 20.5. The number of phenols is 1. The quantitative estimate of drug-likeness (QED) is 0.527.